The zero-order valence-corrected chi connectivity index (χ0v) is 13.2. The third-order valence-corrected chi connectivity index (χ3v) is 4.36. The van der Waals surface area contributed by atoms with Gasteiger partial charge < -0.3 is 10.2 Å². The number of likely N-dealkylation sites (N-methyl/N-ethyl adjacent to an activating group) is 1. The van der Waals surface area contributed by atoms with Gasteiger partial charge in [0.2, 0.25) is 0 Å². The first-order valence-corrected chi connectivity index (χ1v) is 7.99. The molecule has 0 aliphatic heterocycles. The lowest BCUT2D eigenvalue weighted by Crippen LogP contribution is -2.37. The minimum atomic E-state index is 0.753. The molecule has 0 aromatic carbocycles. The highest BCUT2D eigenvalue weighted by molar-refractivity contribution is 4.91. The molecule has 114 valence electrons. The Morgan fingerprint density at radius 2 is 2.30 bits per heavy atom. The van der Waals surface area contributed by atoms with Gasteiger partial charge in [0, 0.05) is 25.3 Å². The van der Waals surface area contributed by atoms with Crippen molar-refractivity contribution in [1.82, 2.24) is 25.2 Å². The molecule has 5 nitrogen and oxygen atoms in total. The molecule has 1 N–H and O–H groups in total. The normalized spacial score (nSPS) is 23.4. The van der Waals surface area contributed by atoms with Crippen molar-refractivity contribution in [2.24, 2.45) is 5.92 Å². The van der Waals surface area contributed by atoms with Crippen LogP contribution in [0.25, 0.3) is 0 Å². The van der Waals surface area contributed by atoms with Gasteiger partial charge in [-0.1, -0.05) is 31.9 Å². The van der Waals surface area contributed by atoms with Crippen molar-refractivity contribution in [3.63, 3.8) is 0 Å². The molecule has 0 radical (unpaired) electrons. The monoisotopic (exact) mass is 279 g/mol. The van der Waals surface area contributed by atoms with E-state index in [9.17, 15) is 0 Å². The summed E-state index contributed by atoms with van der Waals surface area (Å²) >= 11 is 0. The Morgan fingerprint density at radius 3 is 3.05 bits per heavy atom. The molecule has 5 heteroatoms. The van der Waals surface area contributed by atoms with Crippen molar-refractivity contribution in [3.05, 3.63) is 11.9 Å². The molecule has 1 fully saturated rings. The second-order valence-corrected chi connectivity index (χ2v) is 6.16. The highest BCUT2D eigenvalue weighted by atomic mass is 15.4. The standard InChI is InChI=1S/C15H29N5/c1-4-16-11-14-12-20(18-17-14)9-8-19(3)15-7-5-6-13(2)10-15/h12-13,15-16H,4-11H2,1-3H3. The SMILES string of the molecule is CCNCc1cn(CCN(C)C2CCCC(C)C2)nn1. The van der Waals surface area contributed by atoms with Crippen LogP contribution in [0.15, 0.2) is 6.20 Å². The van der Waals surface area contributed by atoms with Crippen molar-refractivity contribution in [1.29, 1.82) is 0 Å². The third-order valence-electron chi connectivity index (χ3n) is 4.36. The van der Waals surface area contributed by atoms with Gasteiger partial charge in [0.05, 0.1) is 12.2 Å². The van der Waals surface area contributed by atoms with E-state index in [0.29, 0.717) is 0 Å². The molecule has 0 bridgehead atoms. The maximum atomic E-state index is 4.20. The van der Waals surface area contributed by atoms with Gasteiger partial charge in [-0.05, 0) is 32.4 Å². The van der Waals surface area contributed by atoms with Crippen LogP contribution in [0.1, 0.15) is 45.2 Å². The van der Waals surface area contributed by atoms with Gasteiger partial charge in [-0.15, -0.1) is 5.10 Å². The molecule has 2 atom stereocenters. The molecule has 1 heterocycles. The van der Waals surface area contributed by atoms with Crippen molar-refractivity contribution in [3.8, 4) is 0 Å². The fourth-order valence-electron chi connectivity index (χ4n) is 3.03. The minimum Gasteiger partial charge on any atom is -0.311 e. The quantitative estimate of drug-likeness (QED) is 0.828. The highest BCUT2D eigenvalue weighted by Gasteiger charge is 2.22. The molecule has 0 amide bonds. The van der Waals surface area contributed by atoms with Gasteiger partial charge in [-0.3, -0.25) is 4.68 Å². The van der Waals surface area contributed by atoms with Crippen molar-refractivity contribution >= 4 is 0 Å². The van der Waals surface area contributed by atoms with E-state index in [1.165, 1.54) is 25.7 Å². The maximum absolute atomic E-state index is 4.20. The van der Waals surface area contributed by atoms with Gasteiger partial charge >= 0.3 is 0 Å². The number of nitrogens with one attached hydrogen (secondary N) is 1. The zero-order chi connectivity index (χ0) is 14.4. The van der Waals surface area contributed by atoms with Crippen molar-refractivity contribution < 1.29 is 0 Å². The lowest BCUT2D eigenvalue weighted by Gasteiger charge is -2.34. The summed E-state index contributed by atoms with van der Waals surface area (Å²) in [6.45, 7) is 8.25. The molecular formula is C15H29N5. The fourth-order valence-corrected chi connectivity index (χ4v) is 3.03. The first-order chi connectivity index (χ1) is 9.69. The predicted molar refractivity (Wildman–Crippen MR) is 81.5 cm³/mol. The van der Waals surface area contributed by atoms with Gasteiger partial charge in [0.25, 0.3) is 0 Å². The zero-order valence-electron chi connectivity index (χ0n) is 13.2. The minimum absolute atomic E-state index is 0.753. The number of nitrogens with zero attached hydrogens (tertiary/aromatic N) is 4. The Balaban J connectivity index is 1.74. The lowest BCUT2D eigenvalue weighted by atomic mass is 9.86. The van der Waals surface area contributed by atoms with Crippen LogP contribution in [0.4, 0.5) is 0 Å². The average molecular weight is 279 g/mol. The summed E-state index contributed by atoms with van der Waals surface area (Å²) in [6.07, 6.45) is 7.54. The van der Waals surface area contributed by atoms with E-state index in [0.717, 1.165) is 43.8 Å². The summed E-state index contributed by atoms with van der Waals surface area (Å²) in [5, 5.41) is 11.7. The van der Waals surface area contributed by atoms with Crippen molar-refractivity contribution in [2.45, 2.75) is 58.7 Å². The molecule has 1 aliphatic rings. The predicted octanol–water partition coefficient (Wildman–Crippen LogP) is 1.90. The largest absolute Gasteiger partial charge is 0.311 e. The van der Waals surface area contributed by atoms with E-state index in [1.54, 1.807) is 0 Å². The van der Waals surface area contributed by atoms with Crippen LogP contribution in [0, 0.1) is 5.92 Å². The topological polar surface area (TPSA) is 46.0 Å². The molecule has 1 aliphatic carbocycles. The van der Waals surface area contributed by atoms with Crippen molar-refractivity contribution in [2.75, 3.05) is 20.1 Å². The molecule has 2 rings (SSSR count). The Kier molecular flexibility index (Phi) is 5.98. The van der Waals surface area contributed by atoms with Crippen LogP contribution in [0.3, 0.4) is 0 Å². The lowest BCUT2D eigenvalue weighted by molar-refractivity contribution is 0.158. The number of hydrogen-bond donors (Lipinski definition) is 1. The summed E-state index contributed by atoms with van der Waals surface area (Å²) in [6, 6.07) is 0.753. The van der Waals surface area contributed by atoms with Crippen LogP contribution in [0.5, 0.6) is 0 Å². The molecule has 1 aromatic heterocycles. The summed E-state index contributed by atoms with van der Waals surface area (Å²) in [7, 11) is 2.25. The average Bonchev–Trinajstić information content (AvgIpc) is 2.90. The van der Waals surface area contributed by atoms with Crippen LogP contribution in [0.2, 0.25) is 0 Å². The second-order valence-electron chi connectivity index (χ2n) is 6.16. The molecule has 2 unspecified atom stereocenters. The summed E-state index contributed by atoms with van der Waals surface area (Å²) in [5.41, 5.74) is 1.03. The van der Waals surface area contributed by atoms with E-state index in [1.807, 2.05) is 4.68 Å². The Hall–Kier alpha value is -0.940. The van der Waals surface area contributed by atoms with Crippen LogP contribution in [-0.2, 0) is 13.1 Å². The summed E-state index contributed by atoms with van der Waals surface area (Å²) in [5.74, 6) is 0.884. The van der Waals surface area contributed by atoms with E-state index in [2.05, 4.69) is 47.6 Å². The number of rotatable bonds is 7. The van der Waals surface area contributed by atoms with Gasteiger partial charge in [0.15, 0.2) is 0 Å². The molecule has 0 saturated heterocycles. The van der Waals surface area contributed by atoms with E-state index in [4.69, 9.17) is 0 Å². The Morgan fingerprint density at radius 1 is 1.45 bits per heavy atom. The third kappa shape index (κ3) is 4.56. The van der Waals surface area contributed by atoms with Crippen LogP contribution in [-0.4, -0.2) is 46.1 Å². The van der Waals surface area contributed by atoms with Gasteiger partial charge in [0.1, 0.15) is 0 Å². The first-order valence-electron chi connectivity index (χ1n) is 7.99. The molecule has 1 aromatic rings. The highest BCUT2D eigenvalue weighted by Crippen LogP contribution is 2.26. The number of aromatic nitrogens is 3. The summed E-state index contributed by atoms with van der Waals surface area (Å²) < 4.78 is 1.97. The molecule has 0 spiro atoms. The first kappa shape index (κ1) is 15.4. The Labute approximate surface area is 122 Å². The summed E-state index contributed by atoms with van der Waals surface area (Å²) in [4.78, 5) is 2.50. The van der Waals surface area contributed by atoms with Gasteiger partial charge in [-0.25, -0.2) is 0 Å². The fraction of sp³-hybridized carbons (Fsp3) is 0.867. The number of hydrogen-bond acceptors (Lipinski definition) is 4. The molecule has 20 heavy (non-hydrogen) atoms. The molecule has 1 saturated carbocycles. The Bertz CT molecular complexity index is 389. The van der Waals surface area contributed by atoms with Crippen LogP contribution < -0.4 is 5.32 Å². The maximum Gasteiger partial charge on any atom is 0.0964 e. The molecular weight excluding hydrogens is 250 g/mol. The second kappa shape index (κ2) is 7.74. The van der Waals surface area contributed by atoms with Gasteiger partial charge in [-0.2, -0.15) is 0 Å². The smallest absolute Gasteiger partial charge is 0.0964 e. The van der Waals surface area contributed by atoms with E-state index in [-0.39, 0.29) is 0 Å². The van der Waals surface area contributed by atoms with E-state index < -0.39 is 0 Å². The van der Waals surface area contributed by atoms with E-state index >= 15 is 0 Å². The van der Waals surface area contributed by atoms with Crippen LogP contribution >= 0.6 is 0 Å².